The summed E-state index contributed by atoms with van der Waals surface area (Å²) in [5, 5.41) is 4.45. The zero-order valence-electron chi connectivity index (χ0n) is 13.5. The average Bonchev–Trinajstić information content (AvgIpc) is 3.11. The van der Waals surface area contributed by atoms with Crippen LogP contribution in [0.15, 0.2) is 48.7 Å². The number of ether oxygens (including phenoxy) is 1. The number of rotatable bonds is 4. The highest BCUT2D eigenvalue weighted by Gasteiger charge is 2.23. The van der Waals surface area contributed by atoms with E-state index < -0.39 is 0 Å². The molecule has 6 nitrogen and oxygen atoms in total. The first-order chi connectivity index (χ1) is 11.8. The van der Waals surface area contributed by atoms with Crippen LogP contribution in [-0.4, -0.2) is 46.9 Å². The largest absolute Gasteiger partial charge is 0.374 e. The zero-order valence-corrected chi connectivity index (χ0v) is 13.5. The van der Waals surface area contributed by atoms with Gasteiger partial charge in [0.1, 0.15) is 5.82 Å². The summed E-state index contributed by atoms with van der Waals surface area (Å²) in [6.07, 6.45) is 2.83. The number of nitrogens with two attached hydrogens (primary N) is 1. The summed E-state index contributed by atoms with van der Waals surface area (Å²) in [6.45, 7) is 3.01. The highest BCUT2D eigenvalue weighted by molar-refractivity contribution is 5.66. The molecule has 3 heterocycles. The van der Waals surface area contributed by atoms with Crippen LogP contribution in [0.4, 0.5) is 5.82 Å². The van der Waals surface area contributed by atoms with Crippen LogP contribution in [0.1, 0.15) is 6.42 Å². The highest BCUT2D eigenvalue weighted by Crippen LogP contribution is 2.25. The van der Waals surface area contributed by atoms with Gasteiger partial charge in [-0.05, 0) is 13.0 Å². The van der Waals surface area contributed by atoms with Crippen molar-refractivity contribution in [2.45, 2.75) is 12.5 Å². The molecule has 1 aromatic carbocycles. The monoisotopic (exact) mass is 323 g/mol. The van der Waals surface area contributed by atoms with Gasteiger partial charge in [-0.15, -0.1) is 0 Å². The van der Waals surface area contributed by atoms with Crippen LogP contribution in [0.5, 0.6) is 0 Å². The topological polar surface area (TPSA) is 68.7 Å². The van der Waals surface area contributed by atoms with Crippen LogP contribution in [0.25, 0.3) is 16.9 Å². The first-order valence-electron chi connectivity index (χ1n) is 8.32. The van der Waals surface area contributed by atoms with Crippen molar-refractivity contribution >= 4 is 11.5 Å². The Labute approximate surface area is 140 Å². The molecule has 2 aromatic heterocycles. The molecule has 1 atom stereocenters. The van der Waals surface area contributed by atoms with Gasteiger partial charge in [0, 0.05) is 30.8 Å². The Hall–Kier alpha value is -2.44. The molecule has 0 saturated carbocycles. The van der Waals surface area contributed by atoms with Gasteiger partial charge in [-0.3, -0.25) is 0 Å². The van der Waals surface area contributed by atoms with Crippen molar-refractivity contribution in [3.8, 4) is 11.3 Å². The van der Waals surface area contributed by atoms with Crippen LogP contribution in [0.2, 0.25) is 0 Å². The Morgan fingerprint density at radius 3 is 2.92 bits per heavy atom. The molecule has 1 aliphatic rings. The van der Waals surface area contributed by atoms with E-state index in [0.29, 0.717) is 13.2 Å². The lowest BCUT2D eigenvalue weighted by Crippen LogP contribution is -2.44. The number of morpholine rings is 1. The number of benzene rings is 1. The fraction of sp³-hybridized carbons (Fsp3) is 0.333. The second-order valence-corrected chi connectivity index (χ2v) is 5.98. The van der Waals surface area contributed by atoms with E-state index in [1.165, 1.54) is 0 Å². The molecule has 4 rings (SSSR count). The standard InChI is InChI=1S/C18H21N5O/c19-8-6-15-13-22(10-11-24-15)18-12-16(14-4-2-1-3-5-14)21-17-7-9-20-23(17)18/h1-5,7,9,12,15H,6,8,10-11,13,19H2/t15-/m0/s1. The van der Waals surface area contributed by atoms with E-state index in [1.54, 1.807) is 6.20 Å². The third-order valence-corrected chi connectivity index (χ3v) is 4.36. The van der Waals surface area contributed by atoms with Crippen LogP contribution >= 0.6 is 0 Å². The number of hydrogen-bond acceptors (Lipinski definition) is 5. The van der Waals surface area contributed by atoms with Gasteiger partial charge < -0.3 is 15.4 Å². The molecule has 24 heavy (non-hydrogen) atoms. The lowest BCUT2D eigenvalue weighted by atomic mass is 10.1. The minimum atomic E-state index is 0.169. The third-order valence-electron chi connectivity index (χ3n) is 4.36. The van der Waals surface area contributed by atoms with Gasteiger partial charge in [0.25, 0.3) is 0 Å². The van der Waals surface area contributed by atoms with Crippen molar-refractivity contribution < 1.29 is 4.74 Å². The van der Waals surface area contributed by atoms with Gasteiger partial charge >= 0.3 is 0 Å². The quantitative estimate of drug-likeness (QED) is 0.795. The van der Waals surface area contributed by atoms with Gasteiger partial charge in [0.05, 0.1) is 24.6 Å². The van der Waals surface area contributed by atoms with Gasteiger partial charge in [-0.2, -0.15) is 9.61 Å². The van der Waals surface area contributed by atoms with E-state index in [1.807, 2.05) is 28.8 Å². The van der Waals surface area contributed by atoms with Crippen molar-refractivity contribution in [2.75, 3.05) is 31.1 Å². The first-order valence-corrected chi connectivity index (χ1v) is 8.32. The van der Waals surface area contributed by atoms with Crippen molar-refractivity contribution in [2.24, 2.45) is 5.73 Å². The second-order valence-electron chi connectivity index (χ2n) is 5.98. The summed E-state index contributed by atoms with van der Waals surface area (Å²) in [5.41, 5.74) is 8.61. The van der Waals surface area contributed by atoms with Crippen LogP contribution < -0.4 is 10.6 Å². The average molecular weight is 323 g/mol. The molecular formula is C18H21N5O. The molecule has 1 fully saturated rings. The molecule has 0 radical (unpaired) electrons. The molecule has 1 aliphatic heterocycles. The fourth-order valence-corrected chi connectivity index (χ4v) is 3.17. The zero-order chi connectivity index (χ0) is 16.4. The van der Waals surface area contributed by atoms with E-state index in [9.17, 15) is 0 Å². The Balaban J connectivity index is 1.75. The number of nitrogens with zero attached hydrogens (tertiary/aromatic N) is 4. The molecule has 0 amide bonds. The van der Waals surface area contributed by atoms with Crippen LogP contribution in [0, 0.1) is 0 Å². The van der Waals surface area contributed by atoms with Crippen molar-refractivity contribution in [1.82, 2.24) is 14.6 Å². The SMILES string of the molecule is NCC[C@H]1CN(c2cc(-c3ccccc3)nc3ccnn23)CCO1. The highest BCUT2D eigenvalue weighted by atomic mass is 16.5. The summed E-state index contributed by atoms with van der Waals surface area (Å²) in [4.78, 5) is 7.06. The van der Waals surface area contributed by atoms with Crippen molar-refractivity contribution in [3.05, 3.63) is 48.7 Å². The summed E-state index contributed by atoms with van der Waals surface area (Å²) >= 11 is 0. The molecule has 0 aliphatic carbocycles. The molecular weight excluding hydrogens is 302 g/mol. The molecule has 0 spiro atoms. The van der Waals surface area contributed by atoms with Crippen LogP contribution in [0.3, 0.4) is 0 Å². The second kappa shape index (κ2) is 6.59. The summed E-state index contributed by atoms with van der Waals surface area (Å²) in [7, 11) is 0. The maximum atomic E-state index is 5.81. The number of aromatic nitrogens is 3. The molecule has 2 N–H and O–H groups in total. The van der Waals surface area contributed by atoms with Crippen molar-refractivity contribution in [3.63, 3.8) is 0 Å². The molecule has 1 saturated heterocycles. The van der Waals surface area contributed by atoms with E-state index >= 15 is 0 Å². The van der Waals surface area contributed by atoms with E-state index in [-0.39, 0.29) is 6.10 Å². The molecule has 0 unspecified atom stereocenters. The lowest BCUT2D eigenvalue weighted by molar-refractivity contribution is 0.0365. The smallest absolute Gasteiger partial charge is 0.157 e. The minimum absolute atomic E-state index is 0.169. The van der Waals surface area contributed by atoms with Gasteiger partial charge in [-0.1, -0.05) is 30.3 Å². The molecule has 3 aromatic rings. The Kier molecular flexibility index (Phi) is 4.15. The maximum Gasteiger partial charge on any atom is 0.157 e. The number of anilines is 1. The number of hydrogen-bond donors (Lipinski definition) is 1. The minimum Gasteiger partial charge on any atom is -0.374 e. The summed E-state index contributed by atoms with van der Waals surface area (Å²) in [5.74, 6) is 1.05. The Bertz CT molecular complexity index is 815. The van der Waals surface area contributed by atoms with Gasteiger partial charge in [0.2, 0.25) is 0 Å². The maximum absolute atomic E-state index is 5.81. The molecule has 0 bridgehead atoms. The first kappa shape index (κ1) is 15.1. The van der Waals surface area contributed by atoms with Crippen molar-refractivity contribution in [1.29, 1.82) is 0 Å². The molecule has 124 valence electrons. The molecule has 6 heteroatoms. The fourth-order valence-electron chi connectivity index (χ4n) is 3.17. The number of fused-ring (bicyclic) bond motifs is 1. The third kappa shape index (κ3) is 2.86. The lowest BCUT2D eigenvalue weighted by Gasteiger charge is -2.34. The van der Waals surface area contributed by atoms with Gasteiger partial charge in [0.15, 0.2) is 5.65 Å². The summed E-state index contributed by atoms with van der Waals surface area (Å²) < 4.78 is 7.71. The summed E-state index contributed by atoms with van der Waals surface area (Å²) in [6, 6.07) is 14.3. The predicted molar refractivity (Wildman–Crippen MR) is 94.0 cm³/mol. The van der Waals surface area contributed by atoms with E-state index in [2.05, 4.69) is 28.2 Å². The predicted octanol–water partition coefficient (Wildman–Crippen LogP) is 1.95. The van der Waals surface area contributed by atoms with E-state index in [0.717, 1.165) is 42.2 Å². The Morgan fingerprint density at radius 1 is 1.21 bits per heavy atom. The van der Waals surface area contributed by atoms with Gasteiger partial charge in [-0.25, -0.2) is 4.98 Å². The Morgan fingerprint density at radius 2 is 2.08 bits per heavy atom. The van der Waals surface area contributed by atoms with E-state index in [4.69, 9.17) is 15.5 Å². The van der Waals surface area contributed by atoms with Crippen LogP contribution in [-0.2, 0) is 4.74 Å². The normalized spacial score (nSPS) is 18.2.